The number of thiazole rings is 1. The molecule has 1 saturated heterocycles. The lowest BCUT2D eigenvalue weighted by Gasteiger charge is -2.34. The summed E-state index contributed by atoms with van der Waals surface area (Å²) in [7, 11) is -4.34. The zero-order chi connectivity index (χ0) is 42.6. The predicted molar refractivity (Wildman–Crippen MR) is 217 cm³/mol. The second-order valence-electron chi connectivity index (χ2n) is 17.0. The standard InChI is InChI=1S/C39H55N6O11PS/c1-22(2)41-36-43-29(19-58-36)28-17-31(26-14-13-24(15-27(26)42-28)53-21-57(50,51)54-20-52-35(48)39(6,7)8)55-25-16-30(33(40)46)45(18-25)34(47)32(38(3,4)5)44-37(49)56-23-11-9-10-12-23/h13-15,17,19,22-23,25,30,32H,9-12,16,18,20-21H2,1-8H3,(H2,40,46)(H,41,43)(H,44,49)(H,50,51)/t25-,30+,32-/m1/s1. The van der Waals surface area contributed by atoms with Gasteiger partial charge in [0.1, 0.15) is 41.5 Å². The Morgan fingerprint density at radius 3 is 2.38 bits per heavy atom. The summed E-state index contributed by atoms with van der Waals surface area (Å²) in [5, 5.41) is 9.09. The Morgan fingerprint density at radius 2 is 1.74 bits per heavy atom. The maximum absolute atomic E-state index is 14.2. The topological polar surface area (TPSA) is 231 Å². The lowest BCUT2D eigenvalue weighted by molar-refractivity contribution is -0.160. The van der Waals surface area contributed by atoms with Gasteiger partial charge in [0, 0.05) is 35.4 Å². The summed E-state index contributed by atoms with van der Waals surface area (Å²) in [6.45, 7) is 13.6. The molecule has 4 atom stereocenters. The number of ether oxygens (including phenoxy) is 4. The molecule has 0 radical (unpaired) electrons. The van der Waals surface area contributed by atoms with E-state index in [4.69, 9.17) is 39.2 Å². The number of nitrogens with zero attached hydrogens (tertiary/aromatic N) is 3. The minimum absolute atomic E-state index is 0.00523. The number of esters is 1. The van der Waals surface area contributed by atoms with Crippen LogP contribution in [0.4, 0.5) is 9.93 Å². The molecule has 2 aliphatic rings. The van der Waals surface area contributed by atoms with Gasteiger partial charge in [0.05, 0.1) is 23.2 Å². The minimum Gasteiger partial charge on any atom is -0.488 e. The van der Waals surface area contributed by atoms with Gasteiger partial charge in [0.15, 0.2) is 11.5 Å². The molecule has 2 fully saturated rings. The fourth-order valence-corrected chi connectivity index (χ4v) is 7.93. The highest BCUT2D eigenvalue weighted by molar-refractivity contribution is 7.52. The molecule has 1 aromatic carbocycles. The Hall–Kier alpha value is -4.51. The second kappa shape index (κ2) is 18.2. The van der Waals surface area contributed by atoms with Crippen LogP contribution in [0, 0.1) is 10.8 Å². The number of amides is 3. The van der Waals surface area contributed by atoms with Crippen molar-refractivity contribution in [2.24, 2.45) is 16.6 Å². The number of likely N-dealkylation sites (tertiary alicyclic amines) is 1. The largest absolute Gasteiger partial charge is 0.488 e. The van der Waals surface area contributed by atoms with Gasteiger partial charge in [-0.15, -0.1) is 11.3 Å². The van der Waals surface area contributed by atoms with E-state index >= 15 is 0 Å². The van der Waals surface area contributed by atoms with Gasteiger partial charge in [-0.2, -0.15) is 0 Å². The first-order valence-corrected chi connectivity index (χ1v) is 21.9. The van der Waals surface area contributed by atoms with Gasteiger partial charge in [-0.1, -0.05) is 20.8 Å². The minimum atomic E-state index is -4.34. The third-order valence-electron chi connectivity index (χ3n) is 9.49. The average molecular weight is 847 g/mol. The molecule has 0 spiro atoms. The fraction of sp³-hybridized carbons (Fsp3) is 0.590. The molecule has 1 saturated carbocycles. The zero-order valence-electron chi connectivity index (χ0n) is 34.2. The molecule has 0 bridgehead atoms. The summed E-state index contributed by atoms with van der Waals surface area (Å²) >= 11 is 1.40. The van der Waals surface area contributed by atoms with Crippen molar-refractivity contribution in [3.8, 4) is 22.9 Å². The number of carbonyl (C=O) groups excluding carboxylic acids is 4. The smallest absolute Gasteiger partial charge is 0.408 e. The average Bonchev–Trinajstić information content (AvgIpc) is 3.90. The van der Waals surface area contributed by atoms with Crippen molar-refractivity contribution in [3.63, 3.8) is 0 Å². The van der Waals surface area contributed by atoms with Gasteiger partial charge < -0.3 is 45.1 Å². The van der Waals surface area contributed by atoms with E-state index in [2.05, 4.69) is 10.6 Å². The first kappa shape index (κ1) is 44.6. The SMILES string of the molecule is CC(C)Nc1nc(-c2cc(O[C@@H]3C[C@@H](C(N)=O)N(C(=O)[C@@H](NC(=O)OC4CCCC4)C(C)(C)C)C3)c3ccc(OCP(=O)(O)OCOC(=O)C(C)(C)C)cc3n2)cs1. The summed E-state index contributed by atoms with van der Waals surface area (Å²) in [6.07, 6.45) is 1.24. The lowest BCUT2D eigenvalue weighted by Crippen LogP contribution is -2.57. The molecule has 3 heterocycles. The molecule has 1 aliphatic heterocycles. The molecular weight excluding hydrogens is 792 g/mol. The molecule has 1 aliphatic carbocycles. The number of anilines is 1. The third kappa shape index (κ3) is 11.8. The van der Waals surface area contributed by atoms with Crippen molar-refractivity contribution >= 4 is 58.8 Å². The van der Waals surface area contributed by atoms with Crippen LogP contribution in [0.2, 0.25) is 0 Å². The van der Waals surface area contributed by atoms with Gasteiger partial charge in [0.25, 0.3) is 0 Å². The first-order chi connectivity index (χ1) is 27.1. The Labute approximate surface area is 342 Å². The van der Waals surface area contributed by atoms with Gasteiger partial charge in [-0.05, 0) is 77.8 Å². The molecule has 318 valence electrons. The zero-order valence-corrected chi connectivity index (χ0v) is 35.9. The molecule has 3 aromatic rings. The Morgan fingerprint density at radius 1 is 1.03 bits per heavy atom. The number of alkyl carbamates (subject to hydrolysis) is 1. The number of hydrogen-bond donors (Lipinski definition) is 4. The quantitative estimate of drug-likeness (QED) is 0.0761. The van der Waals surface area contributed by atoms with E-state index < -0.39 is 73.6 Å². The molecule has 58 heavy (non-hydrogen) atoms. The van der Waals surface area contributed by atoms with Crippen LogP contribution in [0.15, 0.2) is 29.6 Å². The van der Waals surface area contributed by atoms with Crippen LogP contribution in [0.5, 0.6) is 11.5 Å². The molecule has 5 rings (SSSR count). The van der Waals surface area contributed by atoms with E-state index in [1.54, 1.807) is 45.0 Å². The van der Waals surface area contributed by atoms with Crippen LogP contribution in [0.3, 0.4) is 0 Å². The summed E-state index contributed by atoms with van der Waals surface area (Å²) in [5.41, 5.74) is 5.67. The number of pyridine rings is 1. The molecule has 1 unspecified atom stereocenters. The van der Waals surface area contributed by atoms with Crippen LogP contribution in [-0.2, 0) is 32.9 Å². The fourth-order valence-electron chi connectivity index (χ4n) is 6.47. The summed E-state index contributed by atoms with van der Waals surface area (Å²) in [4.78, 5) is 73.2. The highest BCUT2D eigenvalue weighted by Gasteiger charge is 2.45. The molecule has 5 N–H and O–H groups in total. The van der Waals surface area contributed by atoms with Crippen molar-refractivity contribution in [1.29, 1.82) is 0 Å². The maximum atomic E-state index is 14.2. The number of carbonyl (C=O) groups is 4. The van der Waals surface area contributed by atoms with E-state index in [9.17, 15) is 28.6 Å². The Kier molecular flexibility index (Phi) is 14.0. The maximum Gasteiger partial charge on any atom is 0.408 e. The number of rotatable bonds is 15. The number of fused-ring (bicyclic) bond motifs is 1. The van der Waals surface area contributed by atoms with Crippen LogP contribution in [-0.4, -0.2) is 93.7 Å². The molecule has 3 amide bonds. The van der Waals surface area contributed by atoms with Gasteiger partial charge >= 0.3 is 19.7 Å². The third-order valence-corrected chi connectivity index (χ3v) is 11.2. The number of aromatic nitrogens is 2. The van der Waals surface area contributed by atoms with E-state index in [0.717, 1.165) is 25.7 Å². The van der Waals surface area contributed by atoms with Gasteiger partial charge in [-0.3, -0.25) is 23.5 Å². The molecule has 2 aromatic heterocycles. The van der Waals surface area contributed by atoms with Crippen LogP contribution < -0.4 is 25.8 Å². The predicted octanol–water partition coefficient (Wildman–Crippen LogP) is 6.18. The Balaban J connectivity index is 1.39. The van der Waals surface area contributed by atoms with E-state index in [1.165, 1.54) is 16.2 Å². The van der Waals surface area contributed by atoms with Crippen molar-refractivity contribution < 1.29 is 52.1 Å². The monoisotopic (exact) mass is 846 g/mol. The summed E-state index contributed by atoms with van der Waals surface area (Å²) < 4.78 is 40.4. The number of benzene rings is 1. The van der Waals surface area contributed by atoms with Crippen LogP contribution in [0.25, 0.3) is 22.3 Å². The van der Waals surface area contributed by atoms with E-state index in [0.29, 0.717) is 33.2 Å². The first-order valence-electron chi connectivity index (χ1n) is 19.3. The van der Waals surface area contributed by atoms with Gasteiger partial charge in [0.2, 0.25) is 18.6 Å². The van der Waals surface area contributed by atoms with Crippen molar-refractivity contribution in [1.82, 2.24) is 20.2 Å². The number of primary amides is 1. The van der Waals surface area contributed by atoms with Crippen molar-refractivity contribution in [2.45, 2.75) is 118 Å². The number of nitrogens with one attached hydrogen (secondary N) is 2. The molecule has 19 heteroatoms. The van der Waals surface area contributed by atoms with Gasteiger partial charge in [-0.25, -0.2) is 14.8 Å². The highest BCUT2D eigenvalue weighted by atomic mass is 32.1. The molecule has 17 nitrogen and oxygen atoms in total. The normalized spacial score (nSPS) is 19.1. The number of nitrogens with two attached hydrogens (primary N) is 1. The number of hydrogen-bond acceptors (Lipinski definition) is 14. The molecular formula is C39H55N6O11PS. The van der Waals surface area contributed by atoms with Crippen molar-refractivity contribution in [2.75, 3.05) is 25.0 Å². The van der Waals surface area contributed by atoms with Crippen molar-refractivity contribution in [3.05, 3.63) is 29.6 Å². The summed E-state index contributed by atoms with van der Waals surface area (Å²) in [6, 6.07) is 4.60. The van der Waals surface area contributed by atoms with E-state index in [-0.39, 0.29) is 30.9 Å². The van der Waals surface area contributed by atoms with Crippen LogP contribution in [0.1, 0.15) is 87.5 Å². The summed E-state index contributed by atoms with van der Waals surface area (Å²) in [5.74, 6) is -1.25. The highest BCUT2D eigenvalue weighted by Crippen LogP contribution is 2.43. The second-order valence-corrected chi connectivity index (χ2v) is 19.7. The van der Waals surface area contributed by atoms with E-state index in [1.807, 2.05) is 40.0 Å². The van der Waals surface area contributed by atoms with Crippen LogP contribution >= 0.6 is 18.9 Å². The lowest BCUT2D eigenvalue weighted by atomic mass is 9.85. The Bertz CT molecular complexity index is 2020.